The summed E-state index contributed by atoms with van der Waals surface area (Å²) >= 11 is 0. The van der Waals surface area contributed by atoms with Crippen molar-refractivity contribution in [3.05, 3.63) is 42.0 Å². The molecular formula is C21H24FN5O6. The number of amides is 1. The van der Waals surface area contributed by atoms with Crippen LogP contribution in [-0.2, 0) is 21.1 Å². The number of halogens is 1. The van der Waals surface area contributed by atoms with Crippen LogP contribution in [0.3, 0.4) is 0 Å². The number of hydrogen-bond acceptors (Lipinski definition) is 8. The van der Waals surface area contributed by atoms with Crippen LogP contribution in [-0.4, -0.2) is 57.7 Å². The highest BCUT2D eigenvalue weighted by atomic mass is 19.1. The van der Waals surface area contributed by atoms with E-state index in [0.29, 0.717) is 43.9 Å². The van der Waals surface area contributed by atoms with E-state index >= 15 is 0 Å². The number of aliphatic carboxylic acids is 1. The molecule has 1 saturated heterocycles. The molecule has 1 aliphatic heterocycles. The first kappa shape index (κ1) is 23.9. The molecule has 0 bridgehead atoms. The molecule has 3 rings (SSSR count). The summed E-state index contributed by atoms with van der Waals surface area (Å²) < 4.78 is 14.8. The SMILES string of the molecule is O=C(O)CCCON=C1CCN(c2ncc(-c3cccc(CONC(=O)O)c3F)cn2)CC1. The molecule has 33 heavy (non-hydrogen) atoms. The maximum Gasteiger partial charge on any atom is 0.428 e. The molecule has 3 N–H and O–H groups in total. The van der Waals surface area contributed by atoms with Gasteiger partial charge in [0.15, 0.2) is 0 Å². The van der Waals surface area contributed by atoms with Crippen molar-refractivity contribution in [2.75, 3.05) is 24.6 Å². The summed E-state index contributed by atoms with van der Waals surface area (Å²) in [6.07, 6.45) is 3.52. The van der Waals surface area contributed by atoms with Crippen molar-refractivity contribution in [2.45, 2.75) is 32.3 Å². The monoisotopic (exact) mass is 461 g/mol. The molecule has 1 aromatic heterocycles. The van der Waals surface area contributed by atoms with Crippen LogP contribution in [0, 0.1) is 5.82 Å². The number of hydroxylamine groups is 1. The van der Waals surface area contributed by atoms with Gasteiger partial charge in [-0.05, 0) is 6.42 Å². The highest BCUT2D eigenvalue weighted by Gasteiger charge is 2.19. The van der Waals surface area contributed by atoms with Crippen LogP contribution in [0.5, 0.6) is 0 Å². The standard InChI is InChI=1S/C21H24FN5O6/c22-19-14(13-33-26-21(30)31)3-1-4-17(19)15-11-23-20(24-12-15)27-8-6-16(7-9-27)25-32-10-2-5-18(28)29/h1,3-4,11-12,26H,2,5-10,13H2,(H,28,29)(H,30,31). The molecule has 0 spiro atoms. The highest BCUT2D eigenvalue weighted by molar-refractivity contribution is 5.86. The maximum absolute atomic E-state index is 14.8. The van der Waals surface area contributed by atoms with Gasteiger partial charge in [0, 0.05) is 61.4 Å². The van der Waals surface area contributed by atoms with E-state index in [9.17, 15) is 14.0 Å². The first-order chi connectivity index (χ1) is 15.9. The highest BCUT2D eigenvalue weighted by Crippen LogP contribution is 2.25. The van der Waals surface area contributed by atoms with Crippen LogP contribution in [0.2, 0.25) is 0 Å². The van der Waals surface area contributed by atoms with Crippen LogP contribution in [0.15, 0.2) is 35.7 Å². The average molecular weight is 461 g/mol. The molecule has 0 radical (unpaired) electrons. The number of anilines is 1. The molecule has 1 fully saturated rings. The summed E-state index contributed by atoms with van der Waals surface area (Å²) in [4.78, 5) is 41.6. The minimum atomic E-state index is -1.37. The molecule has 12 heteroatoms. The number of nitrogens with zero attached hydrogens (tertiary/aromatic N) is 4. The van der Waals surface area contributed by atoms with Gasteiger partial charge in [0.1, 0.15) is 19.0 Å². The van der Waals surface area contributed by atoms with Crippen molar-refractivity contribution >= 4 is 23.7 Å². The Morgan fingerprint density at radius 3 is 2.58 bits per heavy atom. The van der Waals surface area contributed by atoms with Crippen LogP contribution < -0.4 is 10.4 Å². The first-order valence-corrected chi connectivity index (χ1v) is 10.3. The number of carbonyl (C=O) groups is 2. The number of carboxylic acid groups (broad SMARTS) is 2. The number of carboxylic acids is 1. The molecule has 176 valence electrons. The number of piperidine rings is 1. The fraction of sp³-hybridized carbons (Fsp3) is 0.381. The number of hydrogen-bond donors (Lipinski definition) is 3. The molecule has 1 aromatic carbocycles. The Bertz CT molecular complexity index is 991. The number of nitrogens with one attached hydrogen (secondary N) is 1. The van der Waals surface area contributed by atoms with E-state index in [4.69, 9.17) is 19.9 Å². The largest absolute Gasteiger partial charge is 0.481 e. The lowest BCUT2D eigenvalue weighted by Gasteiger charge is -2.27. The van der Waals surface area contributed by atoms with Gasteiger partial charge in [-0.3, -0.25) is 9.63 Å². The zero-order valence-corrected chi connectivity index (χ0v) is 17.7. The van der Waals surface area contributed by atoms with Gasteiger partial charge in [0.05, 0.1) is 5.71 Å². The summed E-state index contributed by atoms with van der Waals surface area (Å²) in [5.41, 5.74) is 3.59. The smallest absolute Gasteiger partial charge is 0.428 e. The van der Waals surface area contributed by atoms with E-state index in [1.54, 1.807) is 17.6 Å². The molecule has 1 amide bonds. The molecule has 0 unspecified atom stereocenters. The number of aromatic nitrogens is 2. The van der Waals surface area contributed by atoms with Gasteiger partial charge in [0.25, 0.3) is 0 Å². The maximum atomic E-state index is 14.8. The fourth-order valence-electron chi connectivity index (χ4n) is 3.19. The minimum absolute atomic E-state index is 0.0515. The fourth-order valence-corrected chi connectivity index (χ4v) is 3.19. The average Bonchev–Trinajstić information content (AvgIpc) is 2.80. The predicted octanol–water partition coefficient (Wildman–Crippen LogP) is 2.82. The van der Waals surface area contributed by atoms with Gasteiger partial charge >= 0.3 is 12.1 Å². The third kappa shape index (κ3) is 7.10. The Labute approximate surface area is 188 Å². The second kappa shape index (κ2) is 11.7. The summed E-state index contributed by atoms with van der Waals surface area (Å²) in [5.74, 6) is -0.878. The van der Waals surface area contributed by atoms with Gasteiger partial charge in [-0.15, -0.1) is 0 Å². The van der Waals surface area contributed by atoms with E-state index in [0.717, 1.165) is 5.71 Å². The summed E-state index contributed by atoms with van der Waals surface area (Å²) in [5, 5.41) is 21.2. The van der Waals surface area contributed by atoms with Gasteiger partial charge in [-0.1, -0.05) is 23.4 Å². The van der Waals surface area contributed by atoms with Gasteiger partial charge in [0.2, 0.25) is 5.95 Å². The predicted molar refractivity (Wildman–Crippen MR) is 115 cm³/mol. The zero-order valence-electron chi connectivity index (χ0n) is 17.7. The summed E-state index contributed by atoms with van der Waals surface area (Å²) in [6.45, 7) is 1.30. The summed E-state index contributed by atoms with van der Waals surface area (Å²) in [7, 11) is 0. The van der Waals surface area contributed by atoms with Crippen molar-refractivity contribution in [2.24, 2.45) is 5.16 Å². The molecule has 0 aliphatic carbocycles. The van der Waals surface area contributed by atoms with Crippen molar-refractivity contribution in [3.8, 4) is 11.1 Å². The molecule has 0 atom stereocenters. The Morgan fingerprint density at radius 2 is 1.91 bits per heavy atom. The molecule has 2 heterocycles. The van der Waals surface area contributed by atoms with Gasteiger partial charge in [-0.2, -0.15) is 5.48 Å². The molecular weight excluding hydrogens is 437 g/mol. The second-order valence-electron chi connectivity index (χ2n) is 7.22. The Balaban J connectivity index is 1.55. The van der Waals surface area contributed by atoms with Crippen LogP contribution in [0.1, 0.15) is 31.2 Å². The van der Waals surface area contributed by atoms with Crippen LogP contribution >= 0.6 is 0 Å². The van der Waals surface area contributed by atoms with Crippen molar-refractivity contribution in [3.63, 3.8) is 0 Å². The Kier molecular flexibility index (Phi) is 8.47. The summed E-state index contributed by atoms with van der Waals surface area (Å²) in [6, 6.07) is 4.73. The quantitative estimate of drug-likeness (QED) is 0.359. The van der Waals surface area contributed by atoms with Crippen molar-refractivity contribution in [1.82, 2.24) is 15.4 Å². The number of benzene rings is 1. The van der Waals surface area contributed by atoms with E-state index in [-0.39, 0.29) is 30.8 Å². The molecule has 11 nitrogen and oxygen atoms in total. The normalized spacial score (nSPS) is 13.5. The van der Waals surface area contributed by atoms with E-state index < -0.39 is 17.9 Å². The van der Waals surface area contributed by atoms with Crippen LogP contribution in [0.25, 0.3) is 11.1 Å². The van der Waals surface area contributed by atoms with E-state index in [1.807, 2.05) is 4.90 Å². The van der Waals surface area contributed by atoms with Gasteiger partial charge < -0.3 is 20.0 Å². The second-order valence-corrected chi connectivity index (χ2v) is 7.22. The lowest BCUT2D eigenvalue weighted by molar-refractivity contribution is -0.137. The lowest BCUT2D eigenvalue weighted by Crippen LogP contribution is -2.35. The van der Waals surface area contributed by atoms with Crippen molar-refractivity contribution < 1.29 is 33.9 Å². The van der Waals surface area contributed by atoms with Gasteiger partial charge in [-0.25, -0.2) is 19.2 Å². The topological polar surface area (TPSA) is 146 Å². The minimum Gasteiger partial charge on any atom is -0.481 e. The Hall–Kier alpha value is -3.80. The zero-order chi connectivity index (χ0) is 23.6. The third-order valence-electron chi connectivity index (χ3n) is 4.86. The number of rotatable bonds is 10. The molecule has 1 aliphatic rings. The van der Waals surface area contributed by atoms with E-state index in [2.05, 4.69) is 15.1 Å². The van der Waals surface area contributed by atoms with Crippen molar-refractivity contribution in [1.29, 1.82) is 0 Å². The number of oxime groups is 1. The molecule has 0 saturated carbocycles. The molecule has 2 aromatic rings. The van der Waals surface area contributed by atoms with Crippen LogP contribution in [0.4, 0.5) is 15.1 Å². The lowest BCUT2D eigenvalue weighted by atomic mass is 10.1. The Morgan fingerprint density at radius 1 is 1.18 bits per heavy atom. The third-order valence-corrected chi connectivity index (χ3v) is 4.86. The van der Waals surface area contributed by atoms with E-state index in [1.165, 1.54) is 18.5 Å². The first-order valence-electron chi connectivity index (χ1n) is 10.3.